The summed E-state index contributed by atoms with van der Waals surface area (Å²) in [6.45, 7) is 24.5. The monoisotopic (exact) mass is 710 g/mol. The molecule has 4 aromatic rings. The Morgan fingerprint density at radius 1 is 0.562 bits per heavy atom. The van der Waals surface area contributed by atoms with Gasteiger partial charge in [-0.2, -0.15) is 0 Å². The molecule has 0 N–H and O–H groups in total. The van der Waals surface area contributed by atoms with Crippen molar-refractivity contribution in [1.29, 1.82) is 0 Å². The summed E-state index contributed by atoms with van der Waals surface area (Å²) in [4.78, 5) is 0. The molecular weight excluding hydrogens is 656 g/mol. The second-order valence-electron chi connectivity index (χ2n) is 15.4. The number of aryl methyl sites for hydroxylation is 2. The van der Waals surface area contributed by atoms with Gasteiger partial charge in [-0.25, -0.2) is 0 Å². The molecule has 0 aliphatic heterocycles. The predicted molar refractivity (Wildman–Crippen MR) is 205 cm³/mol. The molecule has 0 heterocycles. The molecule has 2 aliphatic carbocycles. The molecule has 48 heavy (non-hydrogen) atoms. The van der Waals surface area contributed by atoms with Crippen molar-refractivity contribution in [1.82, 2.24) is 0 Å². The number of hydrogen-bond acceptors (Lipinski definition) is 0. The van der Waals surface area contributed by atoms with Crippen LogP contribution in [-0.2, 0) is 34.1 Å². The zero-order valence-corrected chi connectivity index (χ0v) is 33.6. The van der Waals surface area contributed by atoms with Crippen molar-refractivity contribution in [2.24, 2.45) is 29.6 Å². The summed E-state index contributed by atoms with van der Waals surface area (Å²) in [6, 6.07) is 38.1. The second kappa shape index (κ2) is 14.5. The van der Waals surface area contributed by atoms with Gasteiger partial charge in [-0.15, -0.1) is 0 Å². The number of hydrogen-bond donors (Lipinski definition) is 0. The summed E-state index contributed by atoms with van der Waals surface area (Å²) in [6.07, 6.45) is 2.13. The van der Waals surface area contributed by atoms with Gasteiger partial charge in [0.2, 0.25) is 0 Å². The molecule has 0 amide bonds. The third-order valence-corrected chi connectivity index (χ3v) is 19.5. The van der Waals surface area contributed by atoms with Crippen LogP contribution in [0.5, 0.6) is 0 Å². The first-order valence-corrected chi connectivity index (χ1v) is 22.6. The molecule has 1 heteroatoms. The van der Waals surface area contributed by atoms with E-state index in [-0.39, 0.29) is 0 Å². The van der Waals surface area contributed by atoms with Crippen LogP contribution in [0.15, 0.2) is 117 Å². The first-order chi connectivity index (χ1) is 23.1. The maximum atomic E-state index is 2.62. The van der Waals surface area contributed by atoms with E-state index in [0.717, 1.165) is 12.8 Å². The van der Waals surface area contributed by atoms with Crippen LogP contribution in [-0.4, -0.2) is 3.21 Å². The molecule has 0 radical (unpaired) electrons. The summed E-state index contributed by atoms with van der Waals surface area (Å²) >= 11 is -3.01. The van der Waals surface area contributed by atoms with Gasteiger partial charge in [-0.3, -0.25) is 0 Å². The third-order valence-electron chi connectivity index (χ3n) is 10.9. The zero-order valence-electron chi connectivity index (χ0n) is 31.1. The van der Waals surface area contributed by atoms with Gasteiger partial charge in [0.15, 0.2) is 0 Å². The fraction of sp³-hybridized carbons (Fsp3) is 0.383. The molecule has 1 unspecified atom stereocenters. The van der Waals surface area contributed by atoms with Crippen LogP contribution < -0.4 is 0 Å². The summed E-state index contributed by atoms with van der Waals surface area (Å²) < 4.78 is 3.96. The van der Waals surface area contributed by atoms with Crippen LogP contribution >= 0.6 is 0 Å². The molecule has 4 aromatic carbocycles. The Kier molecular flexibility index (Phi) is 10.6. The Bertz CT molecular complexity index is 1780. The number of benzene rings is 4. The van der Waals surface area contributed by atoms with Gasteiger partial charge < -0.3 is 0 Å². The fourth-order valence-electron chi connectivity index (χ4n) is 8.97. The van der Waals surface area contributed by atoms with E-state index in [4.69, 9.17) is 0 Å². The summed E-state index contributed by atoms with van der Waals surface area (Å²) in [5, 5.41) is 0. The topological polar surface area (TPSA) is 0 Å². The Hall–Kier alpha value is -2.89. The van der Waals surface area contributed by atoms with Gasteiger partial charge in [-0.05, 0) is 0 Å². The second-order valence-corrected chi connectivity index (χ2v) is 21.4. The molecular formula is C47H56Zr. The normalized spacial score (nSPS) is 16.2. The average Bonchev–Trinajstić information content (AvgIpc) is 3.61. The molecule has 1 atom stereocenters. The molecule has 0 bridgehead atoms. The van der Waals surface area contributed by atoms with Crippen LogP contribution in [0.4, 0.5) is 0 Å². The Morgan fingerprint density at radius 2 is 1.02 bits per heavy atom. The number of allylic oxidation sites excluding steroid dienone is 4. The van der Waals surface area contributed by atoms with Crippen LogP contribution in [0.1, 0.15) is 106 Å². The van der Waals surface area contributed by atoms with Crippen LogP contribution in [0.3, 0.4) is 0 Å². The maximum absolute atomic E-state index is 3.01. The van der Waals surface area contributed by atoms with Crippen molar-refractivity contribution in [2.75, 3.05) is 0 Å². The molecule has 248 valence electrons. The molecule has 0 aromatic heterocycles. The molecule has 0 nitrogen and oxygen atoms in total. The van der Waals surface area contributed by atoms with E-state index in [1.165, 1.54) is 33.4 Å². The van der Waals surface area contributed by atoms with Gasteiger partial charge >= 0.3 is 301 Å². The third kappa shape index (κ3) is 6.19. The van der Waals surface area contributed by atoms with Crippen molar-refractivity contribution >= 4 is 3.21 Å². The van der Waals surface area contributed by atoms with Crippen molar-refractivity contribution < 1.29 is 21.3 Å². The number of rotatable bonds is 10. The van der Waals surface area contributed by atoms with E-state index in [1.54, 1.807) is 31.1 Å². The minimum absolute atomic E-state index is 0.413. The molecule has 6 rings (SSSR count). The Labute approximate surface area is 299 Å². The van der Waals surface area contributed by atoms with Crippen LogP contribution in [0.2, 0.25) is 0 Å². The molecule has 0 fully saturated rings. The first-order valence-electron chi connectivity index (χ1n) is 18.7. The molecule has 0 saturated carbocycles. The first kappa shape index (κ1) is 35.0. The predicted octanol–water partition coefficient (Wildman–Crippen LogP) is 12.6. The van der Waals surface area contributed by atoms with E-state index in [2.05, 4.69) is 166 Å². The Balaban J connectivity index is 1.87. The van der Waals surface area contributed by atoms with Gasteiger partial charge in [-0.1, -0.05) is 0 Å². The van der Waals surface area contributed by atoms with Crippen LogP contribution in [0.25, 0.3) is 11.1 Å². The van der Waals surface area contributed by atoms with Crippen molar-refractivity contribution in [3.8, 4) is 11.1 Å². The molecule has 0 saturated heterocycles. The number of fused-ring (bicyclic) bond motifs is 3. The van der Waals surface area contributed by atoms with E-state index in [0.29, 0.717) is 33.2 Å². The summed E-state index contributed by atoms with van der Waals surface area (Å²) in [5.41, 5.74) is 17.1. The van der Waals surface area contributed by atoms with E-state index in [9.17, 15) is 0 Å². The SMILES string of the molecule is CCc1ccc2c(c1)[CH]([Zr]([C]1=C(C(C)C)C(C(C)C)=C(C(C)C)C1C(C)C)=[C](c1ccccc1)c1ccccc1)c1cc(CC)ccc1-2. The van der Waals surface area contributed by atoms with Gasteiger partial charge in [0, 0.05) is 0 Å². The quantitative estimate of drug-likeness (QED) is 0.154. The standard InChI is InChI=1S/C17H17.C17H29.C13H10.Zr/c1-3-12-5-7-16-14(9-12)11-15-10-13(4-2)6-8-17(15)16;1-10(2)14-9-15(11(3)4)17(13(7)8)16(14)12(5)6;1-3-7-12(8-4-1)11-13-9-5-2-6-10-13;/h5-11H,3-4H2,1-2H3;10-14H,1-8H3;1-10H;. The average molecular weight is 712 g/mol. The van der Waals surface area contributed by atoms with Crippen molar-refractivity contribution in [2.45, 2.75) is 85.7 Å². The van der Waals surface area contributed by atoms with Gasteiger partial charge in [0.05, 0.1) is 0 Å². The van der Waals surface area contributed by atoms with Gasteiger partial charge in [0.25, 0.3) is 0 Å². The van der Waals surface area contributed by atoms with E-state index >= 15 is 0 Å². The van der Waals surface area contributed by atoms with E-state index in [1.807, 2.05) is 3.28 Å². The van der Waals surface area contributed by atoms with Crippen LogP contribution in [0, 0.1) is 29.6 Å². The summed E-state index contributed by atoms with van der Waals surface area (Å²) in [5.74, 6) is 2.51. The Morgan fingerprint density at radius 3 is 1.40 bits per heavy atom. The van der Waals surface area contributed by atoms with Crippen molar-refractivity contribution in [3.63, 3.8) is 0 Å². The molecule has 0 spiro atoms. The summed E-state index contributed by atoms with van der Waals surface area (Å²) in [7, 11) is 0. The fourth-order valence-corrected chi connectivity index (χ4v) is 19.9. The molecule has 2 aliphatic rings. The van der Waals surface area contributed by atoms with Gasteiger partial charge in [0.1, 0.15) is 0 Å². The zero-order chi connectivity index (χ0) is 34.3. The van der Waals surface area contributed by atoms with E-state index < -0.39 is 21.3 Å². The minimum atomic E-state index is -3.01. The van der Waals surface area contributed by atoms with Crippen molar-refractivity contribution in [3.05, 3.63) is 150 Å².